The van der Waals surface area contributed by atoms with E-state index in [1.165, 1.54) is 5.56 Å². The van der Waals surface area contributed by atoms with Crippen molar-refractivity contribution in [2.75, 3.05) is 11.4 Å². The summed E-state index contributed by atoms with van der Waals surface area (Å²) in [5.74, 6) is 0.0242. The minimum absolute atomic E-state index is 0.0242. The second kappa shape index (κ2) is 4.20. The molecule has 0 aliphatic carbocycles. The number of para-hydroxylation sites is 1. The van der Waals surface area contributed by atoms with E-state index in [0.29, 0.717) is 5.56 Å². The van der Waals surface area contributed by atoms with Crippen LogP contribution in [0.2, 0.25) is 0 Å². The first-order chi connectivity index (χ1) is 9.84. The maximum absolute atomic E-state index is 12.8. The van der Waals surface area contributed by atoms with E-state index >= 15 is 0 Å². The number of hydrogen-bond donors (Lipinski definition) is 0. The molecule has 1 aliphatic heterocycles. The molecule has 0 bridgehead atoms. The molecule has 2 aromatic heterocycles. The van der Waals surface area contributed by atoms with E-state index in [1.54, 1.807) is 10.7 Å². The lowest BCUT2D eigenvalue weighted by molar-refractivity contribution is 0.0991. The number of amides is 1. The van der Waals surface area contributed by atoms with Gasteiger partial charge in [-0.3, -0.25) is 4.79 Å². The van der Waals surface area contributed by atoms with Crippen LogP contribution in [0, 0.1) is 0 Å². The van der Waals surface area contributed by atoms with Crippen molar-refractivity contribution in [1.29, 1.82) is 0 Å². The van der Waals surface area contributed by atoms with Crippen LogP contribution < -0.4 is 4.90 Å². The molecule has 4 rings (SSSR count). The quantitative estimate of drug-likeness (QED) is 0.676. The Hall–Kier alpha value is -2.62. The first-order valence-electron chi connectivity index (χ1n) is 6.67. The minimum atomic E-state index is 0.0242. The van der Waals surface area contributed by atoms with Gasteiger partial charge in [-0.25, -0.2) is 4.52 Å². The highest BCUT2D eigenvalue weighted by atomic mass is 16.2. The second-order valence-corrected chi connectivity index (χ2v) is 4.92. The van der Waals surface area contributed by atoms with Gasteiger partial charge in [-0.15, -0.1) is 0 Å². The zero-order valence-electron chi connectivity index (χ0n) is 10.9. The second-order valence-electron chi connectivity index (χ2n) is 4.92. The highest BCUT2D eigenvalue weighted by Gasteiger charge is 2.26. The first kappa shape index (κ1) is 11.2. The number of hydrogen-bond acceptors (Lipinski definition) is 2. The Labute approximate surface area is 116 Å². The third-order valence-electron chi connectivity index (χ3n) is 3.79. The third kappa shape index (κ3) is 1.54. The molecule has 0 saturated carbocycles. The summed E-state index contributed by atoms with van der Waals surface area (Å²) in [4.78, 5) is 14.6. The molecule has 0 radical (unpaired) electrons. The lowest BCUT2D eigenvalue weighted by atomic mass is 10.2. The molecule has 4 nitrogen and oxygen atoms in total. The highest BCUT2D eigenvalue weighted by molar-refractivity contribution is 6.11. The van der Waals surface area contributed by atoms with E-state index in [9.17, 15) is 4.79 Å². The minimum Gasteiger partial charge on any atom is -0.308 e. The predicted octanol–water partition coefficient (Wildman–Crippen LogP) is 2.54. The number of aromatic nitrogens is 2. The molecule has 1 amide bonds. The standard InChI is InChI=1S/C16H13N3O/c20-16(13-11-17-19-9-4-3-7-15(13)19)18-10-8-12-5-1-2-6-14(12)18/h1-7,9,11H,8,10H2. The van der Waals surface area contributed by atoms with Crippen LogP contribution in [-0.4, -0.2) is 22.1 Å². The molecule has 4 heteroatoms. The molecule has 0 saturated heterocycles. The van der Waals surface area contributed by atoms with Gasteiger partial charge in [-0.2, -0.15) is 5.10 Å². The molecule has 3 aromatic rings. The summed E-state index contributed by atoms with van der Waals surface area (Å²) in [6, 6.07) is 13.8. The maximum atomic E-state index is 12.8. The fourth-order valence-corrected chi connectivity index (χ4v) is 2.79. The van der Waals surface area contributed by atoms with Gasteiger partial charge < -0.3 is 4.90 Å². The van der Waals surface area contributed by atoms with Gasteiger partial charge in [0.25, 0.3) is 5.91 Å². The number of carbonyl (C=O) groups excluding carboxylic acids is 1. The Morgan fingerprint density at radius 3 is 2.90 bits per heavy atom. The van der Waals surface area contributed by atoms with Crippen molar-refractivity contribution in [2.24, 2.45) is 0 Å². The summed E-state index contributed by atoms with van der Waals surface area (Å²) >= 11 is 0. The third-order valence-corrected chi connectivity index (χ3v) is 3.79. The number of benzene rings is 1. The van der Waals surface area contributed by atoms with Gasteiger partial charge in [-0.05, 0) is 30.2 Å². The van der Waals surface area contributed by atoms with Gasteiger partial charge in [0.15, 0.2) is 0 Å². The van der Waals surface area contributed by atoms with Gasteiger partial charge in [-0.1, -0.05) is 24.3 Å². The predicted molar refractivity (Wildman–Crippen MR) is 77.0 cm³/mol. The lowest BCUT2D eigenvalue weighted by Crippen LogP contribution is -2.28. The topological polar surface area (TPSA) is 37.6 Å². The van der Waals surface area contributed by atoms with Crippen LogP contribution in [0.25, 0.3) is 5.52 Å². The van der Waals surface area contributed by atoms with Crippen LogP contribution in [0.5, 0.6) is 0 Å². The maximum Gasteiger partial charge on any atom is 0.262 e. The molecule has 1 aromatic carbocycles. The number of rotatable bonds is 1. The van der Waals surface area contributed by atoms with Gasteiger partial charge in [0.05, 0.1) is 17.3 Å². The van der Waals surface area contributed by atoms with Gasteiger partial charge in [0.2, 0.25) is 0 Å². The normalized spacial score (nSPS) is 13.7. The Bertz CT molecular complexity index is 806. The Kier molecular flexibility index (Phi) is 2.36. The van der Waals surface area contributed by atoms with Crippen molar-refractivity contribution >= 4 is 17.1 Å². The summed E-state index contributed by atoms with van der Waals surface area (Å²) in [5, 5.41) is 4.24. The van der Waals surface area contributed by atoms with Crippen molar-refractivity contribution in [3.05, 3.63) is 66.0 Å². The number of pyridine rings is 1. The fraction of sp³-hybridized carbons (Fsp3) is 0.125. The van der Waals surface area contributed by atoms with Crippen LogP contribution in [0.4, 0.5) is 5.69 Å². The SMILES string of the molecule is O=C(c1cnn2ccccc12)N1CCc2ccccc21. The van der Waals surface area contributed by atoms with Crippen LogP contribution in [-0.2, 0) is 6.42 Å². The van der Waals surface area contributed by atoms with Crippen LogP contribution in [0.15, 0.2) is 54.9 Å². The van der Waals surface area contributed by atoms with Crippen LogP contribution in [0.3, 0.4) is 0 Å². The van der Waals surface area contributed by atoms with E-state index in [2.05, 4.69) is 11.2 Å². The van der Waals surface area contributed by atoms with E-state index in [1.807, 2.05) is 47.5 Å². The van der Waals surface area contributed by atoms with E-state index in [4.69, 9.17) is 0 Å². The van der Waals surface area contributed by atoms with E-state index in [-0.39, 0.29) is 5.91 Å². The van der Waals surface area contributed by atoms with Gasteiger partial charge in [0.1, 0.15) is 0 Å². The monoisotopic (exact) mass is 263 g/mol. The number of anilines is 1. The zero-order valence-corrected chi connectivity index (χ0v) is 10.9. The zero-order chi connectivity index (χ0) is 13.5. The van der Waals surface area contributed by atoms with Crippen LogP contribution >= 0.6 is 0 Å². The smallest absolute Gasteiger partial charge is 0.262 e. The van der Waals surface area contributed by atoms with E-state index in [0.717, 1.165) is 24.2 Å². The van der Waals surface area contributed by atoms with Gasteiger partial charge in [0, 0.05) is 18.4 Å². The Morgan fingerprint density at radius 2 is 1.95 bits per heavy atom. The van der Waals surface area contributed by atoms with E-state index < -0.39 is 0 Å². The summed E-state index contributed by atoms with van der Waals surface area (Å²) < 4.78 is 1.73. The number of fused-ring (bicyclic) bond motifs is 2. The summed E-state index contributed by atoms with van der Waals surface area (Å²) in [5.41, 5.74) is 3.76. The largest absolute Gasteiger partial charge is 0.308 e. The molecule has 1 aliphatic rings. The lowest BCUT2D eigenvalue weighted by Gasteiger charge is -2.16. The Balaban J connectivity index is 1.79. The molecular weight excluding hydrogens is 250 g/mol. The average molecular weight is 263 g/mol. The van der Waals surface area contributed by atoms with Crippen molar-refractivity contribution < 1.29 is 4.79 Å². The van der Waals surface area contributed by atoms with Gasteiger partial charge >= 0.3 is 0 Å². The van der Waals surface area contributed by atoms with Crippen LogP contribution in [0.1, 0.15) is 15.9 Å². The molecule has 0 spiro atoms. The van der Waals surface area contributed by atoms with Crippen molar-refractivity contribution in [1.82, 2.24) is 9.61 Å². The summed E-state index contributed by atoms with van der Waals surface area (Å²) in [6.45, 7) is 0.738. The number of nitrogens with zero attached hydrogens (tertiary/aromatic N) is 3. The average Bonchev–Trinajstić information content (AvgIpc) is 3.11. The molecular formula is C16H13N3O. The molecule has 0 N–H and O–H groups in total. The molecule has 0 unspecified atom stereocenters. The number of carbonyl (C=O) groups is 1. The van der Waals surface area contributed by atoms with Crippen molar-refractivity contribution in [2.45, 2.75) is 6.42 Å². The van der Waals surface area contributed by atoms with Crippen molar-refractivity contribution in [3.63, 3.8) is 0 Å². The Morgan fingerprint density at radius 1 is 1.10 bits per heavy atom. The fourth-order valence-electron chi connectivity index (χ4n) is 2.79. The molecule has 98 valence electrons. The summed E-state index contributed by atoms with van der Waals surface area (Å²) in [7, 11) is 0. The molecule has 3 heterocycles. The first-order valence-corrected chi connectivity index (χ1v) is 6.67. The summed E-state index contributed by atoms with van der Waals surface area (Å²) in [6.07, 6.45) is 4.42. The molecule has 0 fully saturated rings. The molecule has 0 atom stereocenters. The van der Waals surface area contributed by atoms with Crippen molar-refractivity contribution in [3.8, 4) is 0 Å². The highest BCUT2D eigenvalue weighted by Crippen LogP contribution is 2.29. The molecule has 20 heavy (non-hydrogen) atoms.